The molecule has 0 saturated carbocycles. The minimum atomic E-state index is -1.48. The van der Waals surface area contributed by atoms with Crippen LogP contribution >= 0.6 is 34.9 Å². The number of nitrogens with two attached hydrogens (primary N) is 1. The van der Waals surface area contributed by atoms with Gasteiger partial charge in [0.15, 0.2) is 15.2 Å². The molecule has 2 aliphatic rings. The number of carboxylic acid groups (broad SMARTS) is 1. The number of thioether (sulfide) groups is 2. The molecule has 32 heavy (non-hydrogen) atoms. The number of fused-ring (bicyclic) bond motifs is 1. The van der Waals surface area contributed by atoms with Crippen molar-refractivity contribution in [2.75, 3.05) is 11.5 Å². The number of nitrogens with zero attached hydrogens (tertiary/aromatic N) is 5. The maximum Gasteiger partial charge on any atom is 0.352 e. The van der Waals surface area contributed by atoms with Crippen LogP contribution in [0.5, 0.6) is 0 Å². The lowest BCUT2D eigenvalue weighted by Gasteiger charge is -2.51. The van der Waals surface area contributed by atoms with E-state index < -0.39 is 22.1 Å². The van der Waals surface area contributed by atoms with E-state index in [1.807, 2.05) is 0 Å². The van der Waals surface area contributed by atoms with E-state index in [0.717, 1.165) is 34.9 Å². The lowest BCUT2D eigenvalue weighted by atomic mass is 9.98. The van der Waals surface area contributed by atoms with E-state index in [1.54, 1.807) is 23.8 Å². The fraction of sp³-hybridized carbons (Fsp3) is 0.235. The van der Waals surface area contributed by atoms with Crippen LogP contribution in [0.15, 0.2) is 45.4 Å². The van der Waals surface area contributed by atoms with Gasteiger partial charge in [0.2, 0.25) is 5.91 Å². The number of hydrogen-bond acceptors (Lipinski definition) is 12. The molecule has 0 radical (unpaired) electrons. The average molecular weight is 494 g/mol. The molecule has 5 N–H and O–H groups in total. The molecule has 0 aromatic carbocycles. The summed E-state index contributed by atoms with van der Waals surface area (Å²) in [6.07, 6.45) is 3.83. The number of oxime groups is 1. The summed E-state index contributed by atoms with van der Waals surface area (Å²) < 4.78 is 0. The van der Waals surface area contributed by atoms with Gasteiger partial charge >= 0.3 is 5.97 Å². The number of carbonyl (C=O) groups excluding carboxylic acids is 2. The van der Waals surface area contributed by atoms with Gasteiger partial charge in [-0.15, -0.1) is 11.3 Å². The molecule has 0 spiro atoms. The topological polar surface area (TPSA) is 184 Å². The third-order valence-corrected chi connectivity index (χ3v) is 7.75. The number of β-lactam (4-membered cyclic amide) rings is 1. The number of aromatic nitrogens is 3. The van der Waals surface area contributed by atoms with E-state index in [-0.39, 0.29) is 34.5 Å². The molecule has 4 rings (SSSR count). The van der Waals surface area contributed by atoms with Crippen LogP contribution in [0.1, 0.15) is 12.1 Å². The minimum absolute atomic E-state index is 0.0170. The number of carbonyl (C=O) groups is 3. The molecule has 166 valence electrons. The lowest BCUT2D eigenvalue weighted by Crippen LogP contribution is -2.61. The Bertz CT molecular complexity index is 1140. The van der Waals surface area contributed by atoms with Gasteiger partial charge in [-0.25, -0.2) is 19.7 Å². The predicted octanol–water partition coefficient (Wildman–Crippen LogP) is 0.681. The molecule has 1 unspecified atom stereocenters. The first-order chi connectivity index (χ1) is 15.4. The number of hydrogen-bond donors (Lipinski definition) is 4. The highest BCUT2D eigenvalue weighted by molar-refractivity contribution is 8.01. The third kappa shape index (κ3) is 3.89. The molecule has 2 atom stereocenters. The largest absolute Gasteiger partial charge is 0.477 e. The van der Waals surface area contributed by atoms with E-state index in [4.69, 9.17) is 10.9 Å². The Labute approximate surface area is 193 Å². The Morgan fingerprint density at radius 2 is 2.19 bits per heavy atom. The number of carboxylic acids is 1. The van der Waals surface area contributed by atoms with Crippen LogP contribution in [0.4, 0.5) is 5.13 Å². The third-order valence-electron chi connectivity index (χ3n) is 4.62. The molecule has 2 amide bonds. The molecule has 4 heterocycles. The van der Waals surface area contributed by atoms with Gasteiger partial charge in [-0.2, -0.15) is 0 Å². The number of thiazole rings is 1. The number of amides is 2. The summed E-state index contributed by atoms with van der Waals surface area (Å²) in [5.74, 6) is -2.43. The summed E-state index contributed by atoms with van der Waals surface area (Å²) in [6, 6.07) is 1.64. The van der Waals surface area contributed by atoms with Gasteiger partial charge < -0.3 is 21.4 Å². The van der Waals surface area contributed by atoms with Crippen LogP contribution in [0.25, 0.3) is 0 Å². The molecule has 2 aromatic heterocycles. The molecule has 1 fully saturated rings. The second kappa shape index (κ2) is 8.76. The van der Waals surface area contributed by atoms with Gasteiger partial charge in [0.05, 0.1) is 17.5 Å². The monoisotopic (exact) mass is 493 g/mol. The second-order valence-electron chi connectivity index (χ2n) is 6.48. The molecule has 2 aromatic rings. The van der Waals surface area contributed by atoms with Crippen LogP contribution in [0.3, 0.4) is 0 Å². The molecular weight excluding hydrogens is 478 g/mol. The van der Waals surface area contributed by atoms with Crippen molar-refractivity contribution in [1.82, 2.24) is 25.2 Å². The van der Waals surface area contributed by atoms with Gasteiger partial charge in [0, 0.05) is 29.1 Å². The van der Waals surface area contributed by atoms with Gasteiger partial charge in [-0.1, -0.05) is 28.7 Å². The highest BCUT2D eigenvalue weighted by Gasteiger charge is 2.56. The van der Waals surface area contributed by atoms with Crippen molar-refractivity contribution in [3.05, 3.63) is 40.8 Å². The molecule has 15 heteroatoms. The van der Waals surface area contributed by atoms with Gasteiger partial charge in [-0.3, -0.25) is 14.5 Å². The van der Waals surface area contributed by atoms with Gasteiger partial charge in [0.1, 0.15) is 11.9 Å². The van der Waals surface area contributed by atoms with Crippen molar-refractivity contribution in [2.45, 2.75) is 21.8 Å². The Kier molecular flexibility index (Phi) is 6.03. The fourth-order valence-corrected chi connectivity index (χ4v) is 6.66. The zero-order chi connectivity index (χ0) is 22.9. The van der Waals surface area contributed by atoms with Crippen molar-refractivity contribution in [1.29, 1.82) is 0 Å². The first-order valence-corrected chi connectivity index (χ1v) is 11.7. The van der Waals surface area contributed by atoms with Gasteiger partial charge in [0.25, 0.3) is 5.91 Å². The Morgan fingerprint density at radius 1 is 1.44 bits per heavy atom. The van der Waals surface area contributed by atoms with Gasteiger partial charge in [-0.05, 0) is 6.07 Å². The smallest absolute Gasteiger partial charge is 0.352 e. The highest BCUT2D eigenvalue weighted by atomic mass is 32.2. The first kappa shape index (κ1) is 22.0. The number of rotatable bonds is 7. The Morgan fingerprint density at radius 3 is 2.78 bits per heavy atom. The van der Waals surface area contributed by atoms with Crippen molar-refractivity contribution in [3.8, 4) is 0 Å². The van der Waals surface area contributed by atoms with Crippen LogP contribution in [-0.4, -0.2) is 65.3 Å². The molecule has 12 nitrogen and oxygen atoms in total. The fourth-order valence-electron chi connectivity index (χ4n) is 3.33. The van der Waals surface area contributed by atoms with E-state index in [0.29, 0.717) is 17.1 Å². The maximum atomic E-state index is 12.5. The molecular formula is C17H15N7O5S3. The van der Waals surface area contributed by atoms with Crippen LogP contribution in [0, 0.1) is 0 Å². The van der Waals surface area contributed by atoms with Crippen molar-refractivity contribution in [2.24, 2.45) is 5.16 Å². The normalized spacial score (nSPS) is 22.6. The number of nitrogen functional groups attached to an aromatic ring is 1. The molecule has 1 saturated heterocycles. The van der Waals surface area contributed by atoms with E-state index in [9.17, 15) is 19.5 Å². The lowest BCUT2D eigenvalue weighted by molar-refractivity contribution is -0.146. The second-order valence-corrected chi connectivity index (χ2v) is 9.70. The van der Waals surface area contributed by atoms with Crippen LogP contribution in [0.2, 0.25) is 0 Å². The average Bonchev–Trinajstić information content (AvgIpc) is 3.19. The molecule has 2 aliphatic heterocycles. The summed E-state index contributed by atoms with van der Waals surface area (Å²) in [5, 5.41) is 26.0. The molecule has 0 aliphatic carbocycles. The van der Waals surface area contributed by atoms with E-state index >= 15 is 0 Å². The zero-order valence-electron chi connectivity index (χ0n) is 16.0. The predicted molar refractivity (Wildman–Crippen MR) is 117 cm³/mol. The van der Waals surface area contributed by atoms with E-state index in [2.05, 4.69) is 25.4 Å². The number of nitrogens with one attached hydrogen (secondary N) is 1. The zero-order valence-corrected chi connectivity index (χ0v) is 18.5. The number of anilines is 1. The SMILES string of the molecule is Nc1nc(C2(NC(=O)C=NO)S[C@H]3CC(=O)N3C(C(=O)O)=C2CSc2ncccn2)cs1. The van der Waals surface area contributed by atoms with E-state index in [1.165, 1.54) is 4.90 Å². The van der Waals surface area contributed by atoms with Crippen molar-refractivity contribution in [3.63, 3.8) is 0 Å². The maximum absolute atomic E-state index is 12.5. The minimum Gasteiger partial charge on any atom is -0.477 e. The quantitative estimate of drug-likeness (QED) is 0.106. The Balaban J connectivity index is 1.89. The summed E-state index contributed by atoms with van der Waals surface area (Å²) in [5.41, 5.74) is 6.08. The Hall–Kier alpha value is -3.17. The highest BCUT2D eigenvalue weighted by Crippen LogP contribution is 2.54. The summed E-state index contributed by atoms with van der Waals surface area (Å²) in [7, 11) is 0. The summed E-state index contributed by atoms with van der Waals surface area (Å²) in [6.45, 7) is 0. The van der Waals surface area contributed by atoms with Crippen molar-refractivity contribution >= 4 is 64.0 Å². The first-order valence-electron chi connectivity index (χ1n) is 8.93. The number of aliphatic carboxylic acids is 1. The summed E-state index contributed by atoms with van der Waals surface area (Å²) in [4.78, 5) is 49.4. The molecule has 0 bridgehead atoms. The van der Waals surface area contributed by atoms with Crippen LogP contribution < -0.4 is 11.1 Å². The van der Waals surface area contributed by atoms with Crippen LogP contribution in [-0.2, 0) is 19.3 Å². The summed E-state index contributed by atoms with van der Waals surface area (Å²) >= 11 is 3.42. The standard InChI is InChI=1S/C17H15N7O5S3/c18-15-22-9(7-30-15)17(23-10(25)5-21-29)8(6-31-16-19-2-1-3-20-16)13(14(27)28)24-11(26)4-12(24)32-17/h1-3,5,7,12,29H,4,6H2,(H2,18,22)(H,23,25)(H,27,28)/t12-,17?/m0/s1. The van der Waals surface area contributed by atoms with Crippen molar-refractivity contribution < 1.29 is 24.7 Å².